The molecule has 4 aromatic carbocycles. The molecular formula is C88H89Cl2FN20O3. The summed E-state index contributed by atoms with van der Waals surface area (Å²) in [7, 11) is 0. The number of amides is 1. The van der Waals surface area contributed by atoms with Crippen molar-refractivity contribution in [3.8, 4) is 0 Å². The molecule has 4 spiro atoms. The summed E-state index contributed by atoms with van der Waals surface area (Å²) in [6, 6.07) is 40.7. The third kappa shape index (κ3) is 17.3. The lowest BCUT2D eigenvalue weighted by Crippen LogP contribution is -2.62. The number of hydrogen-bond acceptors (Lipinski definition) is 17. The van der Waals surface area contributed by atoms with Gasteiger partial charge in [-0.3, -0.25) is 33.5 Å². The van der Waals surface area contributed by atoms with E-state index >= 15 is 0 Å². The first-order valence-corrected chi connectivity index (χ1v) is 39.5. The van der Waals surface area contributed by atoms with Gasteiger partial charge in [-0.05, 0) is 151 Å². The minimum Gasteiger partial charge on any atom is -0.477 e. The average Bonchev–Trinajstić information content (AvgIpc) is 1.19. The number of aryl methyl sites for hydroxylation is 2. The van der Waals surface area contributed by atoms with Crippen LogP contribution in [0.1, 0.15) is 155 Å². The van der Waals surface area contributed by atoms with Crippen molar-refractivity contribution in [2.75, 3.05) is 67.1 Å². The number of carbonyl (C=O) groups is 2. The smallest absolute Gasteiger partial charge is 0.354 e. The Labute approximate surface area is 672 Å². The van der Waals surface area contributed by atoms with Crippen LogP contribution < -0.4 is 31.1 Å². The predicted octanol–water partition coefficient (Wildman–Crippen LogP) is 16.0. The molecule has 23 nitrogen and oxygen atoms in total. The molecule has 4 aliphatic carbocycles. The first kappa shape index (κ1) is 77.6. The molecule has 8 aliphatic rings. The second-order valence-electron chi connectivity index (χ2n) is 31.6. The number of aromatic carboxylic acids is 1. The van der Waals surface area contributed by atoms with Gasteiger partial charge in [-0.25, -0.2) is 44.4 Å². The molecule has 4 saturated heterocycles. The molecule has 0 unspecified atom stereocenters. The van der Waals surface area contributed by atoms with E-state index in [-0.39, 0.29) is 11.6 Å². The van der Waals surface area contributed by atoms with Crippen LogP contribution in [0.2, 0.25) is 10.0 Å². The number of nitrogens with two attached hydrogens (primary N) is 1. The molecule has 0 radical (unpaired) electrons. The van der Waals surface area contributed by atoms with E-state index in [1.54, 1.807) is 72.2 Å². The van der Waals surface area contributed by atoms with Gasteiger partial charge in [0, 0.05) is 144 Å². The van der Waals surface area contributed by atoms with Crippen molar-refractivity contribution in [3.63, 3.8) is 0 Å². The fourth-order valence-corrected chi connectivity index (χ4v) is 18.0. The van der Waals surface area contributed by atoms with Crippen molar-refractivity contribution in [2.45, 2.75) is 115 Å². The largest absolute Gasteiger partial charge is 0.477 e. The number of hydrogen-bond donors (Lipinski definition) is 4. The highest BCUT2D eigenvalue weighted by Gasteiger charge is 2.55. The molecule has 0 atom stereocenters. The van der Waals surface area contributed by atoms with Gasteiger partial charge in [0.05, 0.1) is 59.4 Å². The Morgan fingerprint density at radius 1 is 0.500 bits per heavy atom. The maximum atomic E-state index is 13.0. The minimum atomic E-state index is -0.985. The van der Waals surface area contributed by atoms with E-state index in [9.17, 15) is 14.0 Å². The van der Waals surface area contributed by atoms with Crippen molar-refractivity contribution in [2.24, 2.45) is 27.4 Å². The number of carboxylic acid groups (broad SMARTS) is 1. The number of nitrogens with one attached hydrogen (secondary N) is 2. The third-order valence-corrected chi connectivity index (χ3v) is 24.2. The van der Waals surface area contributed by atoms with Crippen LogP contribution in [0.3, 0.4) is 0 Å². The highest BCUT2D eigenvalue weighted by molar-refractivity contribution is 6.30. The molecule has 580 valence electrons. The summed E-state index contributed by atoms with van der Waals surface area (Å²) in [6.45, 7) is 27.9. The zero-order chi connectivity index (χ0) is 79.0. The SMILES string of the molecule is CCc1nc2ccc(Cl)cn2c1C(=O)NCc1ccc(C2CC3(C2)CN(c2cnccn2)C3)cc1.CCc1nc2ccc(Cl)cn2c1C(=O)O.Fc1cnccn1.NCc1ccc(C2CC3(C2)CN(c2cnccn2)C3)cc1.[C-]#[N+]c1ccc(C2CC3(C2)CN(c2cnccn2)C3)cc1.[C-]#[N+]c1ccc(C2CC3(CNC3)C2)cc1. The monoisotopic (exact) mass is 1560 g/mol. The van der Waals surface area contributed by atoms with Crippen molar-refractivity contribution < 1.29 is 19.1 Å². The summed E-state index contributed by atoms with van der Waals surface area (Å²) < 4.78 is 15.0. The van der Waals surface area contributed by atoms with Crippen LogP contribution >= 0.6 is 23.2 Å². The molecule has 114 heavy (non-hydrogen) atoms. The lowest BCUT2D eigenvalue weighted by atomic mass is 9.56. The maximum absolute atomic E-state index is 13.0. The first-order chi connectivity index (χ1) is 55.4. The number of nitrogens with zero attached hydrogens (tertiary/aromatic N) is 17. The zero-order valence-electron chi connectivity index (χ0n) is 63.7. The van der Waals surface area contributed by atoms with E-state index in [4.69, 9.17) is 47.2 Å². The summed E-state index contributed by atoms with van der Waals surface area (Å²) >= 11 is 12.0. The number of benzene rings is 4. The van der Waals surface area contributed by atoms with Gasteiger partial charge in [0.25, 0.3) is 5.91 Å². The molecule has 4 aliphatic heterocycles. The molecule has 12 aromatic rings. The Morgan fingerprint density at radius 3 is 1.18 bits per heavy atom. The molecule has 1 amide bonds. The van der Waals surface area contributed by atoms with Crippen LogP contribution in [0.4, 0.5) is 33.2 Å². The summed E-state index contributed by atoms with van der Waals surface area (Å²) in [5, 5.41) is 16.5. The number of pyridine rings is 2. The quantitative estimate of drug-likeness (QED) is 0.0738. The van der Waals surface area contributed by atoms with E-state index in [0.717, 1.165) is 103 Å². The standard InChI is InChI=1S/C27H27ClN6O.C17H16N4.C17H20N4.C13H14N2.C10H9ClN2O2.C4H3FN2/c1-2-22-25(34-15-21(28)7-8-23(34)32-22)26(35)31-13-18-3-5-19(6-4-18)20-11-27(12-20)16-33(17-27)24-14-29-9-10-30-24;1-18-15-4-2-13(3-5-15)14-8-17(9-14)11-21(12-17)16-10-19-6-7-20-16;18-9-13-1-3-14(4-2-13)15-7-17(8-15)11-21(12-17)16-10-19-5-6-20-16;1-14-12-4-2-10(3-5-12)11-6-13(7-11)8-15-9-13;1-2-7-9(10(14)15)13-5-6(11)3-4-8(13)12-7;5-4-3-6-1-2-7-4/h3-10,14-15,20H,2,11-13,16-17H2,1H3,(H,31,35);2-7,10,14H,8-9,11-12H2;1-6,10,15H,7-9,11-12,18H2;2-5,11,15H,6-9H2;3-5H,2H2,1H3,(H,14,15);1-3H. The normalized spacial score (nSPS) is 18.9. The van der Waals surface area contributed by atoms with Gasteiger partial charge in [0.15, 0.2) is 17.1 Å². The first-order valence-electron chi connectivity index (χ1n) is 38.8. The van der Waals surface area contributed by atoms with Crippen LogP contribution in [0, 0.1) is 40.8 Å². The molecule has 0 bridgehead atoms. The number of carboxylic acids is 1. The van der Waals surface area contributed by atoms with Crippen LogP contribution in [0.25, 0.3) is 21.0 Å². The Bertz CT molecular complexity index is 5370. The summed E-state index contributed by atoms with van der Waals surface area (Å²) in [5.74, 6) is 4.06. The van der Waals surface area contributed by atoms with E-state index in [2.05, 4.69) is 158 Å². The fourth-order valence-electron chi connectivity index (χ4n) is 17.7. The zero-order valence-corrected chi connectivity index (χ0v) is 65.2. The number of anilines is 3. The van der Waals surface area contributed by atoms with Gasteiger partial charge in [-0.1, -0.05) is 134 Å². The number of imidazole rings is 2. The Kier molecular flexibility index (Phi) is 23.1. The van der Waals surface area contributed by atoms with E-state index in [0.29, 0.717) is 86.5 Å². The van der Waals surface area contributed by atoms with Gasteiger partial charge in [0.1, 0.15) is 34.4 Å². The van der Waals surface area contributed by atoms with Crippen LogP contribution in [0.5, 0.6) is 0 Å². The van der Waals surface area contributed by atoms with Crippen molar-refractivity contribution in [1.29, 1.82) is 0 Å². The molecule has 5 N–H and O–H groups in total. The summed E-state index contributed by atoms with van der Waals surface area (Å²) in [6.07, 6.45) is 34.5. The van der Waals surface area contributed by atoms with Gasteiger partial charge >= 0.3 is 5.97 Å². The molecule has 8 fully saturated rings. The fraction of sp³-hybridized carbons (Fsp3) is 0.341. The van der Waals surface area contributed by atoms with Crippen LogP contribution in [-0.2, 0) is 25.9 Å². The van der Waals surface area contributed by atoms with Crippen molar-refractivity contribution >= 4 is 75.2 Å². The van der Waals surface area contributed by atoms with Crippen LogP contribution in [-0.4, -0.2) is 128 Å². The molecule has 20 rings (SSSR count). The number of halogens is 3. The highest BCUT2D eigenvalue weighted by atomic mass is 35.5. The molecule has 26 heteroatoms. The molecule has 8 aromatic heterocycles. The Hall–Kier alpha value is -11.7. The molecular weight excluding hydrogens is 1480 g/mol. The Balaban J connectivity index is 0.000000114. The number of aromatic nitrogens is 12. The molecule has 12 heterocycles. The van der Waals surface area contributed by atoms with E-state index in [1.165, 1.54) is 109 Å². The second-order valence-corrected chi connectivity index (χ2v) is 32.4. The van der Waals surface area contributed by atoms with Gasteiger partial charge in [-0.2, -0.15) is 4.39 Å². The van der Waals surface area contributed by atoms with E-state index < -0.39 is 11.9 Å². The molecule has 4 saturated carbocycles. The summed E-state index contributed by atoms with van der Waals surface area (Å²) in [5.41, 5.74) is 20.6. The number of rotatable bonds is 14. The Morgan fingerprint density at radius 2 is 0.860 bits per heavy atom. The topological polar surface area (TPSA) is 261 Å². The minimum absolute atomic E-state index is 0.140. The predicted molar refractivity (Wildman–Crippen MR) is 439 cm³/mol. The second kappa shape index (κ2) is 34.0. The van der Waals surface area contributed by atoms with Crippen molar-refractivity contribution in [1.82, 2.24) is 69.3 Å². The maximum Gasteiger partial charge on any atom is 0.354 e. The average molecular weight is 1560 g/mol. The van der Waals surface area contributed by atoms with Gasteiger partial charge in [-0.15, -0.1) is 0 Å². The number of fused-ring (bicyclic) bond motifs is 2. The third-order valence-electron chi connectivity index (χ3n) is 23.7. The van der Waals surface area contributed by atoms with Crippen LogP contribution in [0.15, 0.2) is 208 Å². The van der Waals surface area contributed by atoms with Gasteiger partial charge < -0.3 is 36.2 Å². The van der Waals surface area contributed by atoms with Gasteiger partial charge in [0.2, 0.25) is 5.95 Å². The summed E-state index contributed by atoms with van der Waals surface area (Å²) in [4.78, 5) is 79.0. The highest BCUT2D eigenvalue weighted by Crippen LogP contribution is 2.59. The number of carbonyl (C=O) groups excluding carboxylic acids is 1. The lowest BCUT2D eigenvalue weighted by Gasteiger charge is -2.59. The lowest BCUT2D eigenvalue weighted by molar-refractivity contribution is 0.0363. The van der Waals surface area contributed by atoms with E-state index in [1.807, 2.05) is 62.8 Å². The van der Waals surface area contributed by atoms with Crippen molar-refractivity contribution in [3.05, 3.63) is 303 Å².